The lowest BCUT2D eigenvalue weighted by Crippen LogP contribution is -2.13. The zero-order chi connectivity index (χ0) is 14.4. The first kappa shape index (κ1) is 14.6. The molecule has 0 aliphatic carbocycles. The van der Waals surface area contributed by atoms with E-state index in [1.165, 1.54) is 0 Å². The normalized spacial score (nSPS) is 11.0. The number of nitrogens with one attached hydrogen (secondary N) is 1. The zero-order valence-electron chi connectivity index (χ0n) is 12.3. The Kier molecular flexibility index (Phi) is 5.18. The molecule has 2 aromatic rings. The zero-order valence-corrected chi connectivity index (χ0v) is 12.3. The van der Waals surface area contributed by atoms with Crippen LogP contribution >= 0.6 is 0 Å². The second-order valence-electron chi connectivity index (χ2n) is 4.99. The van der Waals surface area contributed by atoms with E-state index in [-0.39, 0.29) is 6.10 Å². The highest BCUT2D eigenvalue weighted by Gasteiger charge is 2.07. The van der Waals surface area contributed by atoms with Gasteiger partial charge in [0, 0.05) is 5.56 Å². The largest absolute Gasteiger partial charge is 0.491 e. The third-order valence-corrected chi connectivity index (χ3v) is 2.75. The van der Waals surface area contributed by atoms with E-state index in [1.54, 1.807) is 6.20 Å². The van der Waals surface area contributed by atoms with Crippen molar-refractivity contribution in [2.75, 3.05) is 6.54 Å². The van der Waals surface area contributed by atoms with Crippen LogP contribution in [0, 0.1) is 0 Å². The minimum atomic E-state index is 0.161. The van der Waals surface area contributed by atoms with Crippen molar-refractivity contribution >= 4 is 0 Å². The van der Waals surface area contributed by atoms with Gasteiger partial charge in [-0.05, 0) is 38.9 Å². The lowest BCUT2D eigenvalue weighted by Gasteiger charge is -2.09. The molecule has 1 aromatic heterocycles. The van der Waals surface area contributed by atoms with Gasteiger partial charge in [-0.1, -0.05) is 19.1 Å². The van der Waals surface area contributed by atoms with Crippen molar-refractivity contribution in [2.24, 2.45) is 0 Å². The van der Waals surface area contributed by atoms with Gasteiger partial charge in [-0.25, -0.2) is 4.98 Å². The summed E-state index contributed by atoms with van der Waals surface area (Å²) in [5.74, 6) is 2.33. The molecule has 4 heteroatoms. The van der Waals surface area contributed by atoms with Crippen LogP contribution in [0.2, 0.25) is 0 Å². The van der Waals surface area contributed by atoms with Crippen molar-refractivity contribution in [3.05, 3.63) is 36.4 Å². The number of ether oxygens (including phenoxy) is 1. The summed E-state index contributed by atoms with van der Waals surface area (Å²) >= 11 is 0. The molecule has 0 unspecified atom stereocenters. The maximum atomic E-state index is 5.75. The summed E-state index contributed by atoms with van der Waals surface area (Å²) in [4.78, 5) is 4.29. The van der Waals surface area contributed by atoms with Gasteiger partial charge >= 0.3 is 0 Å². The number of hydrogen-bond acceptors (Lipinski definition) is 4. The minimum Gasteiger partial charge on any atom is -0.491 e. The van der Waals surface area contributed by atoms with Crippen molar-refractivity contribution in [3.63, 3.8) is 0 Å². The second-order valence-corrected chi connectivity index (χ2v) is 4.99. The highest BCUT2D eigenvalue weighted by molar-refractivity contribution is 5.58. The molecular formula is C16H22N2O2. The third-order valence-electron chi connectivity index (χ3n) is 2.75. The number of benzene rings is 1. The molecule has 0 amide bonds. The highest BCUT2D eigenvalue weighted by Crippen LogP contribution is 2.25. The molecule has 0 bridgehead atoms. The van der Waals surface area contributed by atoms with Gasteiger partial charge in [-0.15, -0.1) is 0 Å². The summed E-state index contributed by atoms with van der Waals surface area (Å²) in [7, 11) is 0. The first-order valence-corrected chi connectivity index (χ1v) is 7.11. The Balaban J connectivity index is 2.07. The van der Waals surface area contributed by atoms with E-state index >= 15 is 0 Å². The first-order chi connectivity index (χ1) is 9.69. The number of aromatic nitrogens is 1. The standard InChI is InChI=1S/C16H22N2O2/c1-4-8-17-11-16-18-10-15(20-16)13-6-5-7-14(9-13)19-12(2)3/h5-7,9-10,12,17H,4,8,11H2,1-3H3. The Bertz CT molecular complexity index is 535. The fraction of sp³-hybridized carbons (Fsp3) is 0.438. The van der Waals surface area contributed by atoms with E-state index in [0.717, 1.165) is 30.0 Å². The average molecular weight is 274 g/mol. The van der Waals surface area contributed by atoms with Crippen molar-refractivity contribution < 1.29 is 9.15 Å². The summed E-state index contributed by atoms with van der Waals surface area (Å²) in [6, 6.07) is 7.88. The third kappa shape index (κ3) is 4.10. The molecule has 0 spiro atoms. The van der Waals surface area contributed by atoms with Gasteiger partial charge in [0.2, 0.25) is 5.89 Å². The molecule has 2 rings (SSSR count). The maximum Gasteiger partial charge on any atom is 0.208 e. The van der Waals surface area contributed by atoms with Crippen molar-refractivity contribution in [1.29, 1.82) is 0 Å². The Morgan fingerprint density at radius 1 is 1.35 bits per heavy atom. The average Bonchev–Trinajstić information content (AvgIpc) is 2.87. The number of oxazole rings is 1. The number of hydrogen-bond donors (Lipinski definition) is 1. The summed E-state index contributed by atoms with van der Waals surface area (Å²) in [6.45, 7) is 7.79. The quantitative estimate of drug-likeness (QED) is 0.783. The fourth-order valence-corrected chi connectivity index (χ4v) is 1.89. The van der Waals surface area contributed by atoms with E-state index < -0.39 is 0 Å². The second kappa shape index (κ2) is 7.10. The van der Waals surface area contributed by atoms with Gasteiger partial charge in [-0.3, -0.25) is 0 Å². The van der Waals surface area contributed by atoms with Gasteiger partial charge in [0.25, 0.3) is 0 Å². The van der Waals surface area contributed by atoms with Crippen LogP contribution in [-0.2, 0) is 6.54 Å². The molecule has 0 aliphatic heterocycles. The molecule has 1 aromatic carbocycles. The Labute approximate surface area is 120 Å². The molecule has 1 N–H and O–H groups in total. The fourth-order valence-electron chi connectivity index (χ4n) is 1.89. The van der Waals surface area contributed by atoms with Crippen molar-refractivity contribution in [1.82, 2.24) is 10.3 Å². The summed E-state index contributed by atoms with van der Waals surface area (Å²) in [6.07, 6.45) is 3.02. The number of nitrogens with zero attached hydrogens (tertiary/aromatic N) is 1. The summed E-state index contributed by atoms with van der Waals surface area (Å²) < 4.78 is 11.4. The lowest BCUT2D eigenvalue weighted by molar-refractivity contribution is 0.242. The van der Waals surface area contributed by atoms with Crippen molar-refractivity contribution in [2.45, 2.75) is 39.8 Å². The molecule has 0 radical (unpaired) electrons. The van der Waals surface area contributed by atoms with Crippen LogP contribution in [0.15, 0.2) is 34.9 Å². The molecule has 0 saturated carbocycles. The molecular weight excluding hydrogens is 252 g/mol. The SMILES string of the molecule is CCCNCc1ncc(-c2cccc(OC(C)C)c2)o1. The van der Waals surface area contributed by atoms with Gasteiger partial charge in [0.15, 0.2) is 5.76 Å². The van der Waals surface area contributed by atoms with Crippen molar-refractivity contribution in [3.8, 4) is 17.1 Å². The molecule has 108 valence electrons. The molecule has 1 heterocycles. The first-order valence-electron chi connectivity index (χ1n) is 7.11. The monoisotopic (exact) mass is 274 g/mol. The Morgan fingerprint density at radius 2 is 2.20 bits per heavy atom. The molecule has 0 fully saturated rings. The molecule has 0 aliphatic rings. The van der Waals surface area contributed by atoms with Crippen LogP contribution in [0.3, 0.4) is 0 Å². The molecule has 4 nitrogen and oxygen atoms in total. The van der Waals surface area contributed by atoms with Crippen LogP contribution in [0.5, 0.6) is 5.75 Å². The van der Waals surface area contributed by atoms with E-state index in [0.29, 0.717) is 12.4 Å². The van der Waals surface area contributed by atoms with E-state index in [1.807, 2.05) is 38.1 Å². The number of rotatable bonds is 7. The van der Waals surface area contributed by atoms with Gasteiger partial charge in [-0.2, -0.15) is 0 Å². The van der Waals surface area contributed by atoms with Crippen LogP contribution < -0.4 is 10.1 Å². The molecule has 20 heavy (non-hydrogen) atoms. The smallest absolute Gasteiger partial charge is 0.208 e. The predicted molar refractivity (Wildman–Crippen MR) is 79.7 cm³/mol. The Morgan fingerprint density at radius 3 is 2.95 bits per heavy atom. The maximum absolute atomic E-state index is 5.75. The van der Waals surface area contributed by atoms with E-state index in [2.05, 4.69) is 17.2 Å². The van der Waals surface area contributed by atoms with Crippen LogP contribution in [0.4, 0.5) is 0 Å². The van der Waals surface area contributed by atoms with Gasteiger partial charge < -0.3 is 14.5 Å². The van der Waals surface area contributed by atoms with Crippen LogP contribution in [0.1, 0.15) is 33.1 Å². The minimum absolute atomic E-state index is 0.161. The van der Waals surface area contributed by atoms with Gasteiger partial charge in [0.05, 0.1) is 18.8 Å². The van der Waals surface area contributed by atoms with Crippen LogP contribution in [0.25, 0.3) is 11.3 Å². The summed E-state index contributed by atoms with van der Waals surface area (Å²) in [5, 5.41) is 3.27. The summed E-state index contributed by atoms with van der Waals surface area (Å²) in [5.41, 5.74) is 0.984. The predicted octanol–water partition coefficient (Wildman–Crippen LogP) is 3.63. The highest BCUT2D eigenvalue weighted by atomic mass is 16.5. The molecule has 0 atom stereocenters. The van der Waals surface area contributed by atoms with E-state index in [4.69, 9.17) is 9.15 Å². The van der Waals surface area contributed by atoms with Gasteiger partial charge in [0.1, 0.15) is 5.75 Å². The van der Waals surface area contributed by atoms with Crippen LogP contribution in [-0.4, -0.2) is 17.6 Å². The topological polar surface area (TPSA) is 47.3 Å². The van der Waals surface area contributed by atoms with E-state index in [9.17, 15) is 0 Å². The molecule has 0 saturated heterocycles. The Hall–Kier alpha value is -1.81. The lowest BCUT2D eigenvalue weighted by atomic mass is 10.2.